The molecule has 2 heteroatoms. The largest absolute Gasteiger partial charge is 0.463 e. The van der Waals surface area contributed by atoms with Crippen LogP contribution in [0.3, 0.4) is 0 Å². The molecule has 0 radical (unpaired) electrons. The molecule has 0 saturated heterocycles. The summed E-state index contributed by atoms with van der Waals surface area (Å²) in [6.45, 7) is 6.57. The van der Waals surface area contributed by atoms with Gasteiger partial charge in [0.05, 0.1) is 6.61 Å². The molecule has 0 aromatic heterocycles. The van der Waals surface area contributed by atoms with Crippen LogP contribution in [0.15, 0.2) is 30.3 Å². The van der Waals surface area contributed by atoms with E-state index >= 15 is 0 Å². The lowest BCUT2D eigenvalue weighted by atomic mass is 9.85. The molecular weight excluding hydrogens is 212 g/mol. The average Bonchev–Trinajstić information content (AvgIpc) is 2.51. The number of carbonyl (C=O) groups excluding carboxylic acids is 1. The molecule has 0 amide bonds. The minimum Gasteiger partial charge on any atom is -0.463 e. The van der Waals surface area contributed by atoms with Crippen LogP contribution >= 0.6 is 0 Å². The van der Waals surface area contributed by atoms with Gasteiger partial charge in [0.25, 0.3) is 0 Å². The Bertz CT molecular complexity index is 470. The quantitative estimate of drug-likeness (QED) is 0.576. The maximum atomic E-state index is 11.6. The molecule has 2 rings (SSSR count). The molecule has 1 aliphatic carbocycles. The summed E-state index contributed by atoms with van der Waals surface area (Å²) >= 11 is 0. The monoisotopic (exact) mass is 230 g/mol. The summed E-state index contributed by atoms with van der Waals surface area (Å²) in [4.78, 5) is 11.6. The number of rotatable bonds is 2. The molecule has 90 valence electrons. The van der Waals surface area contributed by atoms with Gasteiger partial charge in [-0.05, 0) is 35.5 Å². The lowest BCUT2D eigenvalue weighted by Crippen LogP contribution is -2.11. The fourth-order valence-electron chi connectivity index (χ4n) is 2.45. The third-order valence-corrected chi connectivity index (χ3v) is 3.22. The van der Waals surface area contributed by atoms with E-state index in [4.69, 9.17) is 4.74 Å². The van der Waals surface area contributed by atoms with Gasteiger partial charge in [0.1, 0.15) is 0 Å². The molecular formula is C15H18O2. The fourth-order valence-corrected chi connectivity index (χ4v) is 2.45. The Balaban J connectivity index is 2.41. The van der Waals surface area contributed by atoms with E-state index in [1.54, 1.807) is 6.08 Å². The van der Waals surface area contributed by atoms with Crippen molar-refractivity contribution < 1.29 is 9.53 Å². The van der Waals surface area contributed by atoms with Gasteiger partial charge >= 0.3 is 5.97 Å². The van der Waals surface area contributed by atoms with E-state index in [1.807, 2.05) is 19.1 Å². The zero-order valence-corrected chi connectivity index (χ0v) is 10.6. The van der Waals surface area contributed by atoms with Gasteiger partial charge in [0, 0.05) is 6.08 Å². The van der Waals surface area contributed by atoms with Crippen molar-refractivity contribution in [3.8, 4) is 0 Å². The van der Waals surface area contributed by atoms with Crippen LogP contribution in [0.5, 0.6) is 0 Å². The fraction of sp³-hybridized carbons (Fsp3) is 0.400. The Morgan fingerprint density at radius 1 is 1.41 bits per heavy atom. The number of carbonyl (C=O) groups is 1. The van der Waals surface area contributed by atoms with E-state index in [0.29, 0.717) is 6.61 Å². The van der Waals surface area contributed by atoms with Crippen molar-refractivity contribution in [3.63, 3.8) is 0 Å². The van der Waals surface area contributed by atoms with Crippen molar-refractivity contribution in [3.05, 3.63) is 41.5 Å². The standard InChI is InChI=1S/C15H18O2/c1-4-17-14(16)9-13-12-8-6-5-7-11(12)10-15(13,2)3/h5-9H,4,10H2,1-3H3. The molecule has 0 aliphatic heterocycles. The predicted octanol–water partition coefficient (Wildman–Crippen LogP) is 3.22. The lowest BCUT2D eigenvalue weighted by Gasteiger charge is -2.19. The van der Waals surface area contributed by atoms with Gasteiger partial charge in [-0.1, -0.05) is 38.1 Å². The average molecular weight is 230 g/mol. The van der Waals surface area contributed by atoms with Crippen molar-refractivity contribution in [2.75, 3.05) is 6.61 Å². The highest BCUT2D eigenvalue weighted by Crippen LogP contribution is 2.45. The number of hydrogen-bond acceptors (Lipinski definition) is 2. The summed E-state index contributed by atoms with van der Waals surface area (Å²) in [7, 11) is 0. The summed E-state index contributed by atoms with van der Waals surface area (Å²) in [5.41, 5.74) is 3.60. The summed E-state index contributed by atoms with van der Waals surface area (Å²) in [5.74, 6) is -0.243. The van der Waals surface area contributed by atoms with Crippen molar-refractivity contribution in [1.29, 1.82) is 0 Å². The van der Waals surface area contributed by atoms with Crippen LogP contribution < -0.4 is 0 Å². The molecule has 0 atom stereocenters. The molecule has 0 saturated carbocycles. The zero-order valence-electron chi connectivity index (χ0n) is 10.6. The maximum absolute atomic E-state index is 11.6. The van der Waals surface area contributed by atoms with Crippen LogP contribution in [-0.4, -0.2) is 12.6 Å². The van der Waals surface area contributed by atoms with Gasteiger partial charge in [0.2, 0.25) is 0 Å². The van der Waals surface area contributed by atoms with Gasteiger partial charge in [-0.15, -0.1) is 0 Å². The molecule has 1 aliphatic rings. The number of ether oxygens (including phenoxy) is 1. The van der Waals surface area contributed by atoms with Gasteiger partial charge in [0.15, 0.2) is 0 Å². The summed E-state index contributed by atoms with van der Waals surface area (Å²) < 4.78 is 5.00. The molecule has 0 bridgehead atoms. The minimum absolute atomic E-state index is 0.0104. The molecule has 0 N–H and O–H groups in total. The molecule has 0 spiro atoms. The number of benzene rings is 1. The van der Waals surface area contributed by atoms with E-state index in [1.165, 1.54) is 11.1 Å². The molecule has 1 aromatic rings. The Morgan fingerprint density at radius 2 is 2.12 bits per heavy atom. The Kier molecular flexibility index (Phi) is 3.05. The smallest absolute Gasteiger partial charge is 0.331 e. The van der Waals surface area contributed by atoms with E-state index < -0.39 is 0 Å². The second-order valence-corrected chi connectivity index (χ2v) is 5.03. The first-order valence-electron chi connectivity index (χ1n) is 6.02. The highest BCUT2D eigenvalue weighted by atomic mass is 16.5. The SMILES string of the molecule is CCOC(=O)C=C1c2ccccc2CC1(C)C. The highest BCUT2D eigenvalue weighted by Gasteiger charge is 2.33. The predicted molar refractivity (Wildman–Crippen MR) is 68.5 cm³/mol. The van der Waals surface area contributed by atoms with Gasteiger partial charge < -0.3 is 4.74 Å². The normalized spacial score (nSPS) is 19.1. The summed E-state index contributed by atoms with van der Waals surface area (Å²) in [6.07, 6.45) is 2.63. The van der Waals surface area contributed by atoms with E-state index in [2.05, 4.69) is 26.0 Å². The Hall–Kier alpha value is -1.57. The van der Waals surface area contributed by atoms with Crippen LogP contribution in [0, 0.1) is 5.41 Å². The molecule has 0 unspecified atom stereocenters. The minimum atomic E-state index is -0.243. The molecule has 0 fully saturated rings. The second kappa shape index (κ2) is 4.36. The Morgan fingerprint density at radius 3 is 2.82 bits per heavy atom. The van der Waals surface area contributed by atoms with E-state index in [9.17, 15) is 4.79 Å². The zero-order chi connectivity index (χ0) is 12.5. The van der Waals surface area contributed by atoms with Crippen LogP contribution in [0.2, 0.25) is 0 Å². The first-order chi connectivity index (χ1) is 8.04. The van der Waals surface area contributed by atoms with E-state index in [-0.39, 0.29) is 11.4 Å². The van der Waals surface area contributed by atoms with Crippen LogP contribution in [0.1, 0.15) is 31.9 Å². The third kappa shape index (κ3) is 2.26. The van der Waals surface area contributed by atoms with E-state index in [0.717, 1.165) is 12.0 Å². The third-order valence-electron chi connectivity index (χ3n) is 3.22. The summed E-state index contributed by atoms with van der Waals surface area (Å²) in [5, 5.41) is 0. The van der Waals surface area contributed by atoms with Crippen LogP contribution in [0.25, 0.3) is 5.57 Å². The molecule has 17 heavy (non-hydrogen) atoms. The number of hydrogen-bond donors (Lipinski definition) is 0. The summed E-state index contributed by atoms with van der Waals surface area (Å²) in [6, 6.07) is 8.26. The highest BCUT2D eigenvalue weighted by molar-refractivity contribution is 5.94. The number of fused-ring (bicyclic) bond motifs is 1. The van der Waals surface area contributed by atoms with Gasteiger partial charge in [-0.3, -0.25) is 0 Å². The van der Waals surface area contributed by atoms with Crippen LogP contribution in [-0.2, 0) is 16.0 Å². The van der Waals surface area contributed by atoms with Crippen molar-refractivity contribution in [2.45, 2.75) is 27.2 Å². The second-order valence-electron chi connectivity index (χ2n) is 5.03. The first kappa shape index (κ1) is 11.9. The topological polar surface area (TPSA) is 26.3 Å². The van der Waals surface area contributed by atoms with Crippen molar-refractivity contribution in [1.82, 2.24) is 0 Å². The molecule has 0 heterocycles. The van der Waals surface area contributed by atoms with Crippen molar-refractivity contribution >= 4 is 11.5 Å². The van der Waals surface area contributed by atoms with Crippen LogP contribution in [0.4, 0.5) is 0 Å². The Labute approximate surface area is 102 Å². The maximum Gasteiger partial charge on any atom is 0.331 e. The van der Waals surface area contributed by atoms with Crippen molar-refractivity contribution in [2.24, 2.45) is 5.41 Å². The molecule has 1 aromatic carbocycles. The number of allylic oxidation sites excluding steroid dienone is 1. The molecule has 2 nitrogen and oxygen atoms in total. The first-order valence-corrected chi connectivity index (χ1v) is 6.02. The lowest BCUT2D eigenvalue weighted by molar-refractivity contribution is -0.137. The van der Waals surface area contributed by atoms with Gasteiger partial charge in [-0.25, -0.2) is 4.79 Å². The number of esters is 1. The van der Waals surface area contributed by atoms with Gasteiger partial charge in [-0.2, -0.15) is 0 Å².